The van der Waals surface area contributed by atoms with Crippen LogP contribution in [-0.4, -0.2) is 20.9 Å². The molecular weight excluding hydrogens is 235 g/mol. The number of rotatable bonds is 3. The van der Waals surface area contributed by atoms with Gasteiger partial charge in [0, 0.05) is 16.8 Å². The molecule has 4 nitrogen and oxygen atoms in total. The van der Waals surface area contributed by atoms with Crippen LogP contribution in [0.15, 0.2) is 24.3 Å². The van der Waals surface area contributed by atoms with E-state index < -0.39 is 5.97 Å². The number of nitrogens with zero attached hydrogens (tertiary/aromatic N) is 2. The van der Waals surface area contributed by atoms with E-state index in [-0.39, 0.29) is 12.4 Å². The van der Waals surface area contributed by atoms with Crippen LogP contribution in [-0.2, 0) is 11.3 Å². The van der Waals surface area contributed by atoms with Crippen molar-refractivity contribution < 1.29 is 14.3 Å². The van der Waals surface area contributed by atoms with Crippen LogP contribution in [0.2, 0.25) is 0 Å². The fourth-order valence-electron chi connectivity index (χ4n) is 2.03. The molecule has 0 atom stereocenters. The number of benzene rings is 1. The van der Waals surface area contributed by atoms with Crippen LogP contribution >= 0.6 is 0 Å². The zero-order valence-electron chi connectivity index (χ0n) is 10.1. The van der Waals surface area contributed by atoms with E-state index in [4.69, 9.17) is 5.11 Å². The van der Waals surface area contributed by atoms with Gasteiger partial charge in [-0.25, -0.2) is 4.39 Å². The quantitative estimate of drug-likeness (QED) is 0.907. The van der Waals surface area contributed by atoms with Gasteiger partial charge in [0.15, 0.2) is 0 Å². The predicted octanol–water partition coefficient (Wildman–Crippen LogP) is 2.39. The number of carbonyl (C=O) groups is 1. The largest absolute Gasteiger partial charge is 0.480 e. The van der Waals surface area contributed by atoms with Gasteiger partial charge in [0.25, 0.3) is 0 Å². The summed E-state index contributed by atoms with van der Waals surface area (Å²) in [6, 6.07) is 6.40. The van der Waals surface area contributed by atoms with Crippen molar-refractivity contribution in [2.75, 3.05) is 0 Å². The maximum absolute atomic E-state index is 13.8. The second-order valence-corrected chi connectivity index (χ2v) is 4.08. The first kappa shape index (κ1) is 12.3. The molecule has 0 saturated carbocycles. The van der Waals surface area contributed by atoms with Crippen molar-refractivity contribution in [1.82, 2.24) is 9.78 Å². The van der Waals surface area contributed by atoms with Crippen LogP contribution in [0.4, 0.5) is 4.39 Å². The monoisotopic (exact) mass is 248 g/mol. The molecule has 0 aliphatic carbocycles. The molecule has 2 rings (SSSR count). The molecule has 1 N–H and O–H groups in total. The van der Waals surface area contributed by atoms with Crippen LogP contribution in [0.1, 0.15) is 11.4 Å². The van der Waals surface area contributed by atoms with Gasteiger partial charge in [-0.1, -0.05) is 18.2 Å². The maximum Gasteiger partial charge on any atom is 0.325 e. The first-order valence-electron chi connectivity index (χ1n) is 5.51. The van der Waals surface area contributed by atoms with Gasteiger partial charge in [0.1, 0.15) is 12.4 Å². The Morgan fingerprint density at radius 1 is 1.39 bits per heavy atom. The molecule has 0 saturated heterocycles. The van der Waals surface area contributed by atoms with Crippen LogP contribution in [0.5, 0.6) is 0 Å². The van der Waals surface area contributed by atoms with Gasteiger partial charge in [0.2, 0.25) is 0 Å². The Hall–Kier alpha value is -2.17. The lowest BCUT2D eigenvalue weighted by Gasteiger charge is -2.04. The third-order valence-electron chi connectivity index (χ3n) is 2.81. The Morgan fingerprint density at radius 3 is 2.67 bits per heavy atom. The average Bonchev–Trinajstić information content (AvgIpc) is 2.55. The van der Waals surface area contributed by atoms with E-state index in [0.717, 1.165) is 0 Å². The SMILES string of the molecule is Cc1nn(CC(=O)O)c(C)c1-c1ccccc1F. The molecule has 0 amide bonds. The lowest BCUT2D eigenvalue weighted by Crippen LogP contribution is -2.11. The summed E-state index contributed by atoms with van der Waals surface area (Å²) in [5.41, 5.74) is 2.39. The zero-order valence-corrected chi connectivity index (χ0v) is 10.1. The zero-order chi connectivity index (χ0) is 13.3. The molecule has 1 aromatic carbocycles. The van der Waals surface area contributed by atoms with Gasteiger partial charge >= 0.3 is 5.97 Å². The highest BCUT2D eigenvalue weighted by Crippen LogP contribution is 2.28. The molecular formula is C13H13FN2O2. The van der Waals surface area contributed by atoms with E-state index in [1.807, 2.05) is 0 Å². The minimum atomic E-state index is -0.972. The molecule has 0 spiro atoms. The van der Waals surface area contributed by atoms with Gasteiger partial charge in [-0.3, -0.25) is 9.48 Å². The highest BCUT2D eigenvalue weighted by Gasteiger charge is 2.17. The van der Waals surface area contributed by atoms with Gasteiger partial charge < -0.3 is 5.11 Å². The molecule has 1 heterocycles. The number of aliphatic carboxylic acids is 1. The molecule has 0 aliphatic heterocycles. The van der Waals surface area contributed by atoms with Gasteiger partial charge in [-0.15, -0.1) is 0 Å². The van der Waals surface area contributed by atoms with E-state index in [0.29, 0.717) is 22.5 Å². The molecule has 2 aromatic rings. The molecule has 5 heteroatoms. The van der Waals surface area contributed by atoms with Crippen molar-refractivity contribution in [2.24, 2.45) is 0 Å². The average molecular weight is 248 g/mol. The van der Waals surface area contributed by atoms with Gasteiger partial charge in [0.05, 0.1) is 5.69 Å². The number of hydrogen-bond donors (Lipinski definition) is 1. The van der Waals surface area contributed by atoms with E-state index in [1.54, 1.807) is 32.0 Å². The fraction of sp³-hybridized carbons (Fsp3) is 0.231. The van der Waals surface area contributed by atoms with Crippen molar-refractivity contribution in [2.45, 2.75) is 20.4 Å². The van der Waals surface area contributed by atoms with Gasteiger partial charge in [-0.05, 0) is 19.9 Å². The Bertz CT molecular complexity index is 605. The van der Waals surface area contributed by atoms with Crippen molar-refractivity contribution in [3.63, 3.8) is 0 Å². The lowest BCUT2D eigenvalue weighted by atomic mass is 10.0. The maximum atomic E-state index is 13.8. The van der Waals surface area contributed by atoms with E-state index in [2.05, 4.69) is 5.10 Å². The van der Waals surface area contributed by atoms with Crippen molar-refractivity contribution in [3.8, 4) is 11.1 Å². The summed E-state index contributed by atoms with van der Waals surface area (Å²) in [4.78, 5) is 10.7. The van der Waals surface area contributed by atoms with Crippen molar-refractivity contribution >= 4 is 5.97 Å². The van der Waals surface area contributed by atoms with Crippen molar-refractivity contribution in [1.29, 1.82) is 0 Å². The normalized spacial score (nSPS) is 10.6. The molecule has 0 radical (unpaired) electrons. The number of aryl methyl sites for hydroxylation is 1. The van der Waals surface area contributed by atoms with E-state index >= 15 is 0 Å². The Labute approximate surface area is 104 Å². The molecule has 94 valence electrons. The van der Waals surface area contributed by atoms with Crippen molar-refractivity contribution in [3.05, 3.63) is 41.5 Å². The second kappa shape index (κ2) is 4.60. The molecule has 0 aliphatic rings. The minimum Gasteiger partial charge on any atom is -0.480 e. The predicted molar refractivity (Wildman–Crippen MR) is 64.7 cm³/mol. The highest BCUT2D eigenvalue weighted by atomic mass is 19.1. The number of halogens is 1. The first-order chi connectivity index (χ1) is 8.50. The second-order valence-electron chi connectivity index (χ2n) is 4.08. The summed E-state index contributed by atoms with van der Waals surface area (Å²) in [5.74, 6) is -1.31. The van der Waals surface area contributed by atoms with E-state index in [9.17, 15) is 9.18 Å². The number of carboxylic acids is 1. The highest BCUT2D eigenvalue weighted by molar-refractivity contribution is 5.71. The summed E-state index contributed by atoms with van der Waals surface area (Å²) >= 11 is 0. The third-order valence-corrected chi connectivity index (χ3v) is 2.81. The van der Waals surface area contributed by atoms with Crippen LogP contribution < -0.4 is 0 Å². The summed E-state index contributed by atoms with van der Waals surface area (Å²) in [6.45, 7) is 3.26. The lowest BCUT2D eigenvalue weighted by molar-refractivity contribution is -0.137. The standard InChI is InChI=1S/C13H13FN2O2/c1-8-13(10-5-3-4-6-11(10)14)9(2)16(15-8)7-12(17)18/h3-6H,7H2,1-2H3,(H,17,18). The minimum absolute atomic E-state index is 0.221. The van der Waals surface area contributed by atoms with Crippen LogP contribution in [0.3, 0.4) is 0 Å². The number of aromatic nitrogens is 2. The van der Waals surface area contributed by atoms with E-state index in [1.165, 1.54) is 10.7 Å². The number of carboxylic acid groups (broad SMARTS) is 1. The summed E-state index contributed by atoms with van der Waals surface area (Å²) in [5, 5.41) is 12.9. The van der Waals surface area contributed by atoms with Crippen LogP contribution in [0, 0.1) is 19.7 Å². The Balaban J connectivity index is 2.56. The summed E-state index contributed by atoms with van der Waals surface area (Å²) in [7, 11) is 0. The topological polar surface area (TPSA) is 55.1 Å². The summed E-state index contributed by atoms with van der Waals surface area (Å²) < 4.78 is 15.1. The smallest absolute Gasteiger partial charge is 0.325 e. The van der Waals surface area contributed by atoms with Gasteiger partial charge in [-0.2, -0.15) is 5.10 Å². The molecule has 1 aromatic heterocycles. The molecule has 18 heavy (non-hydrogen) atoms. The third kappa shape index (κ3) is 2.11. The molecule has 0 bridgehead atoms. The Kier molecular flexibility index (Phi) is 3.14. The fourth-order valence-corrected chi connectivity index (χ4v) is 2.03. The Morgan fingerprint density at radius 2 is 2.06 bits per heavy atom. The number of hydrogen-bond acceptors (Lipinski definition) is 2. The first-order valence-corrected chi connectivity index (χ1v) is 5.51. The molecule has 0 fully saturated rings. The summed E-state index contributed by atoms with van der Waals surface area (Å²) in [6.07, 6.45) is 0. The molecule has 0 unspecified atom stereocenters. The van der Waals surface area contributed by atoms with Crippen LogP contribution in [0.25, 0.3) is 11.1 Å².